The average Bonchev–Trinajstić information content (AvgIpc) is 2.21. The van der Waals surface area contributed by atoms with Crippen molar-refractivity contribution in [3.8, 4) is 5.75 Å². The summed E-state index contributed by atoms with van der Waals surface area (Å²) in [4.78, 5) is 11.6. The first-order valence-corrected chi connectivity index (χ1v) is 5.49. The number of para-hydroxylation sites is 1. The predicted molar refractivity (Wildman–Crippen MR) is 61.2 cm³/mol. The topological polar surface area (TPSA) is 26.3 Å². The number of esters is 1. The van der Waals surface area contributed by atoms with Crippen LogP contribution in [-0.2, 0) is 4.79 Å². The molecule has 0 heterocycles. The van der Waals surface area contributed by atoms with Crippen LogP contribution in [0.5, 0.6) is 5.75 Å². The second-order valence-electron chi connectivity index (χ2n) is 3.54. The molecule has 1 aromatic carbocycles. The molecule has 15 heavy (non-hydrogen) atoms. The zero-order valence-corrected chi connectivity index (χ0v) is 9.75. The fraction of sp³-hybridized carbons (Fsp3) is 0.417. The van der Waals surface area contributed by atoms with Crippen molar-refractivity contribution < 1.29 is 9.53 Å². The summed E-state index contributed by atoms with van der Waals surface area (Å²) in [6.45, 7) is 3.90. The molecule has 1 atom stereocenters. The van der Waals surface area contributed by atoms with Crippen molar-refractivity contribution in [3.05, 3.63) is 29.3 Å². The average molecular weight is 227 g/mol. The Labute approximate surface area is 95.2 Å². The summed E-state index contributed by atoms with van der Waals surface area (Å²) in [7, 11) is 0. The van der Waals surface area contributed by atoms with Crippen LogP contribution >= 0.6 is 11.6 Å². The molecule has 0 fully saturated rings. The van der Waals surface area contributed by atoms with E-state index in [-0.39, 0.29) is 11.9 Å². The lowest BCUT2D eigenvalue weighted by Crippen LogP contribution is -2.17. The molecule has 0 bridgehead atoms. The fourth-order valence-electron chi connectivity index (χ4n) is 1.29. The standard InChI is InChI=1S/C12H15ClO2/c1-3-6-9(2)12(14)15-11-8-5-4-7-10(11)13/h4-5,7-9H,3,6H2,1-2H3. The smallest absolute Gasteiger partial charge is 0.314 e. The summed E-state index contributed by atoms with van der Waals surface area (Å²) in [5.74, 6) is 0.142. The second kappa shape index (κ2) is 5.76. The van der Waals surface area contributed by atoms with Gasteiger partial charge >= 0.3 is 5.97 Å². The highest BCUT2D eigenvalue weighted by atomic mass is 35.5. The maximum Gasteiger partial charge on any atom is 0.314 e. The van der Waals surface area contributed by atoms with Crippen LogP contribution in [-0.4, -0.2) is 5.97 Å². The van der Waals surface area contributed by atoms with Gasteiger partial charge in [0, 0.05) is 0 Å². The summed E-state index contributed by atoms with van der Waals surface area (Å²) in [6.07, 6.45) is 1.81. The summed E-state index contributed by atoms with van der Waals surface area (Å²) in [5.41, 5.74) is 0. The molecule has 1 rings (SSSR count). The minimum absolute atomic E-state index is 0.0775. The number of halogens is 1. The van der Waals surface area contributed by atoms with Crippen molar-refractivity contribution in [2.45, 2.75) is 26.7 Å². The van der Waals surface area contributed by atoms with Gasteiger partial charge in [-0.3, -0.25) is 4.79 Å². The van der Waals surface area contributed by atoms with E-state index in [2.05, 4.69) is 0 Å². The van der Waals surface area contributed by atoms with Gasteiger partial charge in [0.25, 0.3) is 0 Å². The largest absolute Gasteiger partial charge is 0.425 e. The zero-order valence-electron chi connectivity index (χ0n) is 9.00. The molecule has 2 nitrogen and oxygen atoms in total. The van der Waals surface area contributed by atoms with E-state index in [1.54, 1.807) is 24.3 Å². The van der Waals surface area contributed by atoms with Crippen molar-refractivity contribution in [3.63, 3.8) is 0 Å². The molecule has 0 radical (unpaired) electrons. The lowest BCUT2D eigenvalue weighted by atomic mass is 10.1. The molecule has 0 amide bonds. The summed E-state index contributed by atoms with van der Waals surface area (Å²) >= 11 is 5.87. The Kier molecular flexibility index (Phi) is 4.63. The van der Waals surface area contributed by atoms with Gasteiger partial charge in [-0.05, 0) is 18.6 Å². The molecule has 0 aliphatic heterocycles. The Hall–Kier alpha value is -1.02. The lowest BCUT2D eigenvalue weighted by molar-refractivity contribution is -0.138. The number of rotatable bonds is 4. The molecule has 1 aromatic rings. The molecule has 0 N–H and O–H groups in total. The van der Waals surface area contributed by atoms with E-state index >= 15 is 0 Å². The van der Waals surface area contributed by atoms with Crippen molar-refractivity contribution in [1.82, 2.24) is 0 Å². The van der Waals surface area contributed by atoms with Gasteiger partial charge in [0.05, 0.1) is 10.9 Å². The molecule has 0 spiro atoms. The van der Waals surface area contributed by atoms with Crippen molar-refractivity contribution in [2.75, 3.05) is 0 Å². The maximum absolute atomic E-state index is 11.6. The van der Waals surface area contributed by atoms with E-state index in [0.717, 1.165) is 12.8 Å². The van der Waals surface area contributed by atoms with E-state index in [9.17, 15) is 4.79 Å². The molecule has 0 saturated heterocycles. The molecule has 0 saturated carbocycles. The maximum atomic E-state index is 11.6. The minimum Gasteiger partial charge on any atom is -0.425 e. The van der Waals surface area contributed by atoms with E-state index in [1.165, 1.54) is 0 Å². The molecule has 3 heteroatoms. The van der Waals surface area contributed by atoms with Crippen molar-refractivity contribution in [1.29, 1.82) is 0 Å². The third-order valence-electron chi connectivity index (χ3n) is 2.17. The summed E-state index contributed by atoms with van der Waals surface area (Å²) < 4.78 is 5.19. The Morgan fingerprint density at radius 2 is 2.13 bits per heavy atom. The van der Waals surface area contributed by atoms with Crippen LogP contribution in [0, 0.1) is 5.92 Å². The Morgan fingerprint density at radius 1 is 1.47 bits per heavy atom. The van der Waals surface area contributed by atoms with Crippen LogP contribution in [0.3, 0.4) is 0 Å². The number of hydrogen-bond acceptors (Lipinski definition) is 2. The summed E-state index contributed by atoms with van der Waals surface area (Å²) in [5, 5.41) is 0.467. The number of benzene rings is 1. The molecule has 0 aliphatic rings. The lowest BCUT2D eigenvalue weighted by Gasteiger charge is -2.10. The van der Waals surface area contributed by atoms with E-state index < -0.39 is 0 Å². The zero-order chi connectivity index (χ0) is 11.3. The monoisotopic (exact) mass is 226 g/mol. The fourth-order valence-corrected chi connectivity index (χ4v) is 1.46. The predicted octanol–water partition coefficient (Wildman–Crippen LogP) is 3.68. The third-order valence-corrected chi connectivity index (χ3v) is 2.48. The Morgan fingerprint density at radius 3 is 2.73 bits per heavy atom. The molecule has 0 aliphatic carbocycles. The molecule has 82 valence electrons. The molecular weight excluding hydrogens is 212 g/mol. The highest BCUT2D eigenvalue weighted by Crippen LogP contribution is 2.24. The van der Waals surface area contributed by atoms with Crippen LogP contribution in [0.1, 0.15) is 26.7 Å². The van der Waals surface area contributed by atoms with Crippen molar-refractivity contribution in [2.24, 2.45) is 5.92 Å². The van der Waals surface area contributed by atoms with Gasteiger partial charge in [-0.1, -0.05) is 44.0 Å². The third kappa shape index (κ3) is 3.56. The number of ether oxygens (including phenoxy) is 1. The van der Waals surface area contributed by atoms with Gasteiger partial charge in [0.2, 0.25) is 0 Å². The normalized spacial score (nSPS) is 12.2. The molecule has 1 unspecified atom stereocenters. The van der Waals surface area contributed by atoms with Crippen LogP contribution in [0.4, 0.5) is 0 Å². The van der Waals surface area contributed by atoms with Crippen LogP contribution in [0.15, 0.2) is 24.3 Å². The first-order chi connectivity index (χ1) is 7.15. The molecular formula is C12H15ClO2. The van der Waals surface area contributed by atoms with Crippen LogP contribution in [0.25, 0.3) is 0 Å². The van der Waals surface area contributed by atoms with E-state index in [0.29, 0.717) is 10.8 Å². The van der Waals surface area contributed by atoms with Crippen LogP contribution in [0.2, 0.25) is 5.02 Å². The quantitative estimate of drug-likeness (QED) is 0.578. The summed E-state index contributed by atoms with van der Waals surface area (Å²) in [6, 6.07) is 6.99. The SMILES string of the molecule is CCCC(C)C(=O)Oc1ccccc1Cl. The Balaban J connectivity index is 2.62. The highest BCUT2D eigenvalue weighted by Gasteiger charge is 2.15. The number of carbonyl (C=O) groups is 1. The van der Waals surface area contributed by atoms with E-state index in [4.69, 9.17) is 16.3 Å². The minimum atomic E-state index is -0.218. The van der Waals surface area contributed by atoms with Gasteiger partial charge in [-0.2, -0.15) is 0 Å². The van der Waals surface area contributed by atoms with Crippen LogP contribution < -0.4 is 4.74 Å². The van der Waals surface area contributed by atoms with Gasteiger partial charge < -0.3 is 4.74 Å². The van der Waals surface area contributed by atoms with Gasteiger partial charge in [0.1, 0.15) is 5.75 Å². The first kappa shape index (κ1) is 12.1. The van der Waals surface area contributed by atoms with Gasteiger partial charge in [-0.25, -0.2) is 0 Å². The second-order valence-corrected chi connectivity index (χ2v) is 3.95. The Bertz CT molecular complexity index is 336. The highest BCUT2D eigenvalue weighted by molar-refractivity contribution is 6.32. The van der Waals surface area contributed by atoms with Gasteiger partial charge in [0.15, 0.2) is 0 Å². The van der Waals surface area contributed by atoms with E-state index in [1.807, 2.05) is 13.8 Å². The first-order valence-electron chi connectivity index (χ1n) is 5.11. The van der Waals surface area contributed by atoms with Crippen molar-refractivity contribution >= 4 is 17.6 Å². The number of carbonyl (C=O) groups excluding carboxylic acids is 1. The molecule has 0 aromatic heterocycles. The van der Waals surface area contributed by atoms with Gasteiger partial charge in [-0.15, -0.1) is 0 Å². The number of hydrogen-bond donors (Lipinski definition) is 0.